The summed E-state index contributed by atoms with van der Waals surface area (Å²) < 4.78 is 18.6. The Kier molecular flexibility index (Phi) is 3.17. The van der Waals surface area contributed by atoms with E-state index in [1.165, 1.54) is 18.2 Å². The van der Waals surface area contributed by atoms with E-state index >= 15 is 0 Å². The number of ether oxygens (including phenoxy) is 1. The summed E-state index contributed by atoms with van der Waals surface area (Å²) >= 11 is 0. The lowest BCUT2D eigenvalue weighted by molar-refractivity contribution is -0.313. The zero-order valence-corrected chi connectivity index (χ0v) is 10.5. The second-order valence-electron chi connectivity index (χ2n) is 5.16. The van der Waals surface area contributed by atoms with Gasteiger partial charge in [0.25, 0.3) is 0 Å². The summed E-state index contributed by atoms with van der Waals surface area (Å²) in [5.74, 6) is -3.90. The molecule has 0 aliphatic carbocycles. The number of halogens is 1. The van der Waals surface area contributed by atoms with E-state index in [1.807, 2.05) is 0 Å². The quantitative estimate of drug-likeness (QED) is 0.863. The lowest BCUT2D eigenvalue weighted by Gasteiger charge is -2.27. The van der Waals surface area contributed by atoms with Crippen LogP contribution in [0.1, 0.15) is 12.8 Å². The minimum atomic E-state index is -1.27. The summed E-state index contributed by atoms with van der Waals surface area (Å²) in [4.78, 5) is 23.4. The molecule has 2 heterocycles. The maximum absolute atomic E-state index is 13.1. The fourth-order valence-corrected chi connectivity index (χ4v) is 3.10. The van der Waals surface area contributed by atoms with Gasteiger partial charge in [-0.3, -0.25) is 4.79 Å². The van der Waals surface area contributed by atoms with Gasteiger partial charge in [0.2, 0.25) is 5.91 Å². The maximum Gasteiger partial charge on any atom is 0.230 e. The van der Waals surface area contributed by atoms with Gasteiger partial charge in [-0.1, -0.05) is 6.07 Å². The first-order valence-corrected chi connectivity index (χ1v) is 6.49. The normalized spacial score (nSPS) is 31.2. The largest absolute Gasteiger partial charge is 0.550 e. The summed E-state index contributed by atoms with van der Waals surface area (Å²) in [6, 6.07) is 5.46. The first-order valence-electron chi connectivity index (χ1n) is 6.49. The number of amides is 1. The van der Waals surface area contributed by atoms with Gasteiger partial charge in [-0.2, -0.15) is 0 Å². The summed E-state index contributed by atoms with van der Waals surface area (Å²) in [5, 5.41) is 13.7. The second-order valence-corrected chi connectivity index (χ2v) is 5.16. The Morgan fingerprint density at radius 3 is 2.60 bits per heavy atom. The van der Waals surface area contributed by atoms with Crippen molar-refractivity contribution in [3.05, 3.63) is 30.1 Å². The summed E-state index contributed by atoms with van der Waals surface area (Å²) in [5.41, 5.74) is 0.301. The van der Waals surface area contributed by atoms with E-state index < -0.39 is 41.7 Å². The highest BCUT2D eigenvalue weighted by atomic mass is 19.1. The predicted octanol–water partition coefficient (Wildman–Crippen LogP) is 0.308. The fourth-order valence-electron chi connectivity index (χ4n) is 3.10. The SMILES string of the molecule is O=C(Nc1cccc(F)c1)[C@@H]1[C@H](C(=O)[O-])[C@@H]2CC[C@H]1O2. The molecule has 0 spiro atoms. The lowest BCUT2D eigenvalue weighted by atomic mass is 9.78. The van der Waals surface area contributed by atoms with Gasteiger partial charge in [-0.05, 0) is 31.0 Å². The zero-order chi connectivity index (χ0) is 14.3. The van der Waals surface area contributed by atoms with Gasteiger partial charge in [0.05, 0.1) is 18.1 Å². The van der Waals surface area contributed by atoms with Crippen LogP contribution in [0.15, 0.2) is 24.3 Å². The molecule has 2 saturated heterocycles. The van der Waals surface area contributed by atoms with Gasteiger partial charge >= 0.3 is 0 Å². The number of rotatable bonds is 3. The van der Waals surface area contributed by atoms with Gasteiger partial charge in [0.1, 0.15) is 5.82 Å². The molecule has 2 fully saturated rings. The Morgan fingerprint density at radius 1 is 1.25 bits per heavy atom. The fraction of sp³-hybridized carbons (Fsp3) is 0.429. The molecule has 0 saturated carbocycles. The molecule has 3 rings (SSSR count). The van der Waals surface area contributed by atoms with Crippen molar-refractivity contribution < 1.29 is 23.8 Å². The van der Waals surface area contributed by atoms with Crippen LogP contribution < -0.4 is 10.4 Å². The Labute approximate surface area is 114 Å². The van der Waals surface area contributed by atoms with Crippen molar-refractivity contribution in [1.82, 2.24) is 0 Å². The molecular weight excluding hydrogens is 265 g/mol. The molecule has 106 valence electrons. The van der Waals surface area contributed by atoms with Crippen molar-refractivity contribution in [3.63, 3.8) is 0 Å². The van der Waals surface area contributed by atoms with Crippen LogP contribution in [-0.4, -0.2) is 24.1 Å². The molecule has 6 heteroatoms. The van der Waals surface area contributed by atoms with E-state index in [-0.39, 0.29) is 0 Å². The molecule has 0 unspecified atom stereocenters. The number of carboxylic acids is 1. The van der Waals surface area contributed by atoms with Gasteiger partial charge in [0, 0.05) is 17.6 Å². The highest BCUT2D eigenvalue weighted by Gasteiger charge is 2.52. The third-order valence-electron chi connectivity index (χ3n) is 3.94. The van der Waals surface area contributed by atoms with Crippen LogP contribution in [0.3, 0.4) is 0 Å². The molecule has 1 N–H and O–H groups in total. The van der Waals surface area contributed by atoms with E-state index in [4.69, 9.17) is 4.74 Å². The van der Waals surface area contributed by atoms with Gasteiger partial charge < -0.3 is 20.0 Å². The molecule has 0 radical (unpaired) electrons. The van der Waals surface area contributed by atoms with Crippen LogP contribution >= 0.6 is 0 Å². The number of hydrogen-bond acceptors (Lipinski definition) is 4. The monoisotopic (exact) mass is 278 g/mol. The number of benzene rings is 1. The number of fused-ring (bicyclic) bond motifs is 2. The molecule has 2 aliphatic heterocycles. The summed E-state index contributed by atoms with van der Waals surface area (Å²) in [6.45, 7) is 0. The number of anilines is 1. The van der Waals surface area contributed by atoms with Crippen LogP contribution in [0, 0.1) is 17.7 Å². The first-order chi connectivity index (χ1) is 9.56. The molecule has 4 atom stereocenters. The molecular formula is C14H13FNO4-. The number of carbonyl (C=O) groups is 2. The van der Waals surface area contributed by atoms with Crippen molar-refractivity contribution in [2.75, 3.05) is 5.32 Å². The van der Waals surface area contributed by atoms with Gasteiger partial charge in [0.15, 0.2) is 0 Å². The first kappa shape index (κ1) is 13.1. The Morgan fingerprint density at radius 2 is 1.95 bits per heavy atom. The average Bonchev–Trinajstić information content (AvgIpc) is 2.98. The molecule has 1 aromatic rings. The molecule has 1 amide bonds. The number of nitrogens with one attached hydrogen (secondary N) is 1. The smallest absolute Gasteiger partial charge is 0.230 e. The summed E-state index contributed by atoms with van der Waals surface area (Å²) in [6.07, 6.45) is 0.452. The van der Waals surface area contributed by atoms with Crippen molar-refractivity contribution in [2.24, 2.45) is 11.8 Å². The van der Waals surface area contributed by atoms with Crippen LogP contribution in [0.25, 0.3) is 0 Å². The molecule has 0 aromatic heterocycles. The minimum absolute atomic E-state index is 0.301. The Bertz CT molecular complexity index is 562. The van der Waals surface area contributed by atoms with Crippen molar-refractivity contribution in [2.45, 2.75) is 25.0 Å². The second kappa shape index (κ2) is 4.86. The third kappa shape index (κ3) is 2.16. The zero-order valence-electron chi connectivity index (χ0n) is 10.5. The van der Waals surface area contributed by atoms with Crippen molar-refractivity contribution in [1.29, 1.82) is 0 Å². The number of carboxylic acid groups (broad SMARTS) is 1. The van der Waals surface area contributed by atoms with E-state index in [0.29, 0.717) is 18.5 Å². The number of carbonyl (C=O) groups excluding carboxylic acids is 2. The van der Waals surface area contributed by atoms with Crippen molar-refractivity contribution in [3.8, 4) is 0 Å². The van der Waals surface area contributed by atoms with Crippen LogP contribution in [0.4, 0.5) is 10.1 Å². The van der Waals surface area contributed by atoms with E-state index in [9.17, 15) is 19.1 Å². The van der Waals surface area contributed by atoms with Crippen LogP contribution in [-0.2, 0) is 14.3 Å². The average molecular weight is 278 g/mol. The molecule has 2 aliphatic rings. The van der Waals surface area contributed by atoms with Gasteiger partial charge in [-0.25, -0.2) is 4.39 Å². The molecule has 2 bridgehead atoms. The number of aliphatic carboxylic acids is 1. The minimum Gasteiger partial charge on any atom is -0.550 e. The maximum atomic E-state index is 13.1. The Hall–Kier alpha value is -1.95. The van der Waals surface area contributed by atoms with E-state index in [0.717, 1.165) is 0 Å². The van der Waals surface area contributed by atoms with Crippen LogP contribution in [0.5, 0.6) is 0 Å². The molecule has 20 heavy (non-hydrogen) atoms. The highest BCUT2D eigenvalue weighted by Crippen LogP contribution is 2.43. The Balaban J connectivity index is 1.78. The predicted molar refractivity (Wildman–Crippen MR) is 64.9 cm³/mol. The molecule has 5 nitrogen and oxygen atoms in total. The third-order valence-corrected chi connectivity index (χ3v) is 3.94. The van der Waals surface area contributed by atoms with E-state index in [2.05, 4.69) is 5.32 Å². The van der Waals surface area contributed by atoms with E-state index in [1.54, 1.807) is 6.07 Å². The lowest BCUT2D eigenvalue weighted by Crippen LogP contribution is -2.46. The summed E-state index contributed by atoms with van der Waals surface area (Å²) in [7, 11) is 0. The van der Waals surface area contributed by atoms with Crippen molar-refractivity contribution >= 4 is 17.6 Å². The topological polar surface area (TPSA) is 78.5 Å². The number of hydrogen-bond donors (Lipinski definition) is 1. The van der Waals surface area contributed by atoms with Gasteiger partial charge in [-0.15, -0.1) is 0 Å². The highest BCUT2D eigenvalue weighted by molar-refractivity contribution is 5.96. The molecule has 1 aromatic carbocycles. The standard InChI is InChI=1S/C14H14FNO4/c15-7-2-1-3-8(6-7)16-13(17)11-9-4-5-10(20-9)12(11)14(18)19/h1-3,6,9-12H,4-5H2,(H,16,17)(H,18,19)/p-1/t9-,10+,11+,12-/m1/s1. The van der Waals surface area contributed by atoms with Crippen LogP contribution in [0.2, 0.25) is 0 Å².